The Morgan fingerprint density at radius 1 is 1.50 bits per heavy atom. The van der Waals surface area contributed by atoms with Crippen LogP contribution in [0.5, 0.6) is 0 Å². The lowest BCUT2D eigenvalue weighted by Gasteiger charge is -2.09. The van der Waals surface area contributed by atoms with Crippen molar-refractivity contribution < 1.29 is 0 Å². The first-order valence-electron chi connectivity index (χ1n) is 4.87. The van der Waals surface area contributed by atoms with Crippen molar-refractivity contribution in [3.8, 4) is 0 Å². The Hall–Kier alpha value is -0.580. The number of nitrogens with zero attached hydrogens (tertiary/aromatic N) is 1. The zero-order valence-corrected chi connectivity index (χ0v) is 9.73. The van der Waals surface area contributed by atoms with Crippen molar-refractivity contribution in [2.24, 2.45) is 0 Å². The second-order valence-corrected chi connectivity index (χ2v) is 4.63. The molecule has 80 valence electrons. The van der Waals surface area contributed by atoms with Crippen LogP contribution in [0.4, 0.5) is 5.69 Å². The van der Waals surface area contributed by atoms with Crippen LogP contribution in [0.1, 0.15) is 11.3 Å². The van der Waals surface area contributed by atoms with Gasteiger partial charge in [-0.3, -0.25) is 0 Å². The van der Waals surface area contributed by atoms with E-state index in [2.05, 4.69) is 24.3 Å². The van der Waals surface area contributed by atoms with Crippen LogP contribution >= 0.6 is 11.3 Å². The summed E-state index contributed by atoms with van der Waals surface area (Å²) in [5, 5.41) is 5.42. The summed E-state index contributed by atoms with van der Waals surface area (Å²) in [5.74, 6) is 0. The van der Waals surface area contributed by atoms with E-state index in [0.29, 0.717) is 0 Å². The molecule has 0 amide bonds. The predicted molar refractivity (Wildman–Crippen MR) is 63.6 cm³/mol. The Kier molecular flexibility index (Phi) is 4.93. The summed E-state index contributed by atoms with van der Waals surface area (Å²) in [6, 6.07) is 1.96. The van der Waals surface area contributed by atoms with Crippen molar-refractivity contribution in [2.45, 2.75) is 13.0 Å². The normalized spacial score (nSPS) is 11.1. The number of rotatable bonds is 6. The monoisotopic (exact) mass is 213 g/mol. The van der Waals surface area contributed by atoms with Crippen LogP contribution in [0.2, 0.25) is 0 Å². The van der Waals surface area contributed by atoms with Gasteiger partial charge in [0.15, 0.2) is 0 Å². The number of nitrogens with one attached hydrogen (secondary N) is 1. The smallest absolute Gasteiger partial charge is 0.0468 e. The number of anilines is 1. The highest BCUT2D eigenvalue weighted by Crippen LogP contribution is 2.17. The minimum absolute atomic E-state index is 0.900. The van der Waals surface area contributed by atoms with Crippen LogP contribution in [-0.4, -0.2) is 32.1 Å². The summed E-state index contributed by atoms with van der Waals surface area (Å²) >= 11 is 1.72. The molecule has 0 aliphatic carbocycles. The van der Waals surface area contributed by atoms with Gasteiger partial charge in [0, 0.05) is 17.1 Å². The summed E-state index contributed by atoms with van der Waals surface area (Å²) in [6.07, 6.45) is 1.18. The molecule has 0 spiro atoms. The Bertz CT molecular complexity index is 258. The number of nitrogens with two attached hydrogens (primary N) is 1. The van der Waals surface area contributed by atoms with E-state index < -0.39 is 0 Å². The second-order valence-electron chi connectivity index (χ2n) is 3.63. The quantitative estimate of drug-likeness (QED) is 0.701. The van der Waals surface area contributed by atoms with Crippen molar-refractivity contribution in [1.82, 2.24) is 10.2 Å². The average molecular weight is 213 g/mol. The minimum Gasteiger partial charge on any atom is -0.398 e. The molecule has 4 heteroatoms. The van der Waals surface area contributed by atoms with Gasteiger partial charge in [0.25, 0.3) is 0 Å². The van der Waals surface area contributed by atoms with Gasteiger partial charge in [-0.25, -0.2) is 0 Å². The predicted octanol–water partition coefficient (Wildman–Crippen LogP) is 1.37. The van der Waals surface area contributed by atoms with Crippen molar-refractivity contribution in [1.29, 1.82) is 0 Å². The Morgan fingerprint density at radius 2 is 2.29 bits per heavy atom. The van der Waals surface area contributed by atoms with Crippen LogP contribution in [0.3, 0.4) is 0 Å². The summed E-state index contributed by atoms with van der Waals surface area (Å²) in [4.78, 5) is 3.44. The van der Waals surface area contributed by atoms with Crippen LogP contribution < -0.4 is 11.1 Å². The lowest BCUT2D eigenvalue weighted by molar-refractivity contribution is 0.394. The Balaban J connectivity index is 2.08. The van der Waals surface area contributed by atoms with E-state index in [9.17, 15) is 0 Å². The molecule has 0 aliphatic rings. The highest BCUT2D eigenvalue weighted by molar-refractivity contribution is 7.10. The first kappa shape index (κ1) is 11.5. The molecule has 3 N–H and O–H groups in total. The van der Waals surface area contributed by atoms with Gasteiger partial charge in [0.05, 0.1) is 0 Å². The average Bonchev–Trinajstić information content (AvgIpc) is 2.51. The molecular formula is C10H19N3S. The fourth-order valence-corrected chi connectivity index (χ4v) is 1.98. The lowest BCUT2D eigenvalue weighted by atomic mass is 10.3. The van der Waals surface area contributed by atoms with E-state index in [1.165, 1.54) is 11.3 Å². The molecule has 0 atom stereocenters. The van der Waals surface area contributed by atoms with Crippen molar-refractivity contribution >= 4 is 17.0 Å². The largest absolute Gasteiger partial charge is 0.398 e. The molecule has 0 radical (unpaired) electrons. The van der Waals surface area contributed by atoms with Gasteiger partial charge in [-0.2, -0.15) is 0 Å². The van der Waals surface area contributed by atoms with Crippen molar-refractivity contribution in [2.75, 3.05) is 32.9 Å². The van der Waals surface area contributed by atoms with Gasteiger partial charge in [0.2, 0.25) is 0 Å². The standard InChI is InChI=1S/C10H19N3S/c1-13(2)6-3-5-12-8-10-9(11)4-7-14-10/h4,7,12H,3,5-6,8,11H2,1-2H3. The third kappa shape index (κ3) is 4.09. The first-order chi connectivity index (χ1) is 6.70. The topological polar surface area (TPSA) is 41.3 Å². The highest BCUT2D eigenvalue weighted by Gasteiger charge is 1.98. The number of nitrogen functional groups attached to an aromatic ring is 1. The molecule has 1 aromatic heterocycles. The van der Waals surface area contributed by atoms with Gasteiger partial charge in [0.1, 0.15) is 0 Å². The molecule has 0 fully saturated rings. The maximum Gasteiger partial charge on any atom is 0.0468 e. The van der Waals surface area contributed by atoms with E-state index in [1.807, 2.05) is 11.4 Å². The molecule has 14 heavy (non-hydrogen) atoms. The van der Waals surface area contributed by atoms with Crippen molar-refractivity contribution in [3.05, 3.63) is 16.3 Å². The zero-order valence-electron chi connectivity index (χ0n) is 8.92. The third-order valence-electron chi connectivity index (χ3n) is 2.02. The summed E-state index contributed by atoms with van der Waals surface area (Å²) < 4.78 is 0. The fraction of sp³-hybridized carbons (Fsp3) is 0.600. The second kappa shape index (κ2) is 6.01. The van der Waals surface area contributed by atoms with Gasteiger partial charge < -0.3 is 16.0 Å². The molecule has 0 unspecified atom stereocenters. The Labute approximate surface area is 89.9 Å². The summed E-state index contributed by atoms with van der Waals surface area (Å²) in [7, 11) is 4.19. The Morgan fingerprint density at radius 3 is 2.86 bits per heavy atom. The van der Waals surface area contributed by atoms with Gasteiger partial charge in [-0.1, -0.05) is 0 Å². The molecule has 0 aromatic carbocycles. The van der Waals surface area contributed by atoms with Crippen molar-refractivity contribution in [3.63, 3.8) is 0 Å². The minimum atomic E-state index is 0.900. The third-order valence-corrected chi connectivity index (χ3v) is 2.96. The number of hydrogen-bond donors (Lipinski definition) is 2. The maximum absolute atomic E-state index is 5.77. The first-order valence-corrected chi connectivity index (χ1v) is 5.75. The summed E-state index contributed by atoms with van der Waals surface area (Å²) in [6.45, 7) is 3.08. The van der Waals surface area contributed by atoms with E-state index in [0.717, 1.165) is 25.3 Å². The molecule has 1 aromatic rings. The molecule has 1 heterocycles. The van der Waals surface area contributed by atoms with E-state index >= 15 is 0 Å². The van der Waals surface area contributed by atoms with Gasteiger partial charge in [-0.05, 0) is 45.1 Å². The molecule has 3 nitrogen and oxygen atoms in total. The molecule has 0 bridgehead atoms. The van der Waals surface area contributed by atoms with Crippen LogP contribution in [0.15, 0.2) is 11.4 Å². The molecule has 1 rings (SSSR count). The number of hydrogen-bond acceptors (Lipinski definition) is 4. The van der Waals surface area contributed by atoms with Crippen LogP contribution in [-0.2, 0) is 6.54 Å². The van der Waals surface area contributed by atoms with E-state index in [-0.39, 0.29) is 0 Å². The van der Waals surface area contributed by atoms with E-state index in [4.69, 9.17) is 5.73 Å². The molecular weight excluding hydrogens is 194 g/mol. The fourth-order valence-electron chi connectivity index (χ4n) is 1.22. The molecule has 0 saturated carbocycles. The van der Waals surface area contributed by atoms with Crippen LogP contribution in [0, 0.1) is 0 Å². The summed E-state index contributed by atoms with van der Waals surface area (Å²) in [5.41, 5.74) is 6.68. The lowest BCUT2D eigenvalue weighted by Crippen LogP contribution is -2.20. The molecule has 0 saturated heterocycles. The van der Waals surface area contributed by atoms with E-state index in [1.54, 1.807) is 11.3 Å². The van der Waals surface area contributed by atoms with Crippen LogP contribution in [0.25, 0.3) is 0 Å². The maximum atomic E-state index is 5.77. The zero-order chi connectivity index (χ0) is 10.4. The van der Waals surface area contributed by atoms with Gasteiger partial charge in [-0.15, -0.1) is 11.3 Å². The van der Waals surface area contributed by atoms with Gasteiger partial charge >= 0.3 is 0 Å². The number of thiophene rings is 1. The highest BCUT2D eigenvalue weighted by atomic mass is 32.1. The molecule has 0 aliphatic heterocycles. The SMILES string of the molecule is CN(C)CCCNCc1sccc1N.